The minimum atomic E-state index is 0.0308. The molecule has 122 valence electrons. The molecule has 1 fully saturated rings. The Morgan fingerprint density at radius 2 is 2.00 bits per heavy atom. The van der Waals surface area contributed by atoms with Crippen LogP contribution in [0.1, 0.15) is 38.9 Å². The van der Waals surface area contributed by atoms with Gasteiger partial charge in [0, 0.05) is 29.4 Å². The maximum atomic E-state index is 12.9. The third kappa shape index (κ3) is 3.55. The number of carbonyl (C=O) groups is 1. The van der Waals surface area contributed by atoms with Gasteiger partial charge in [-0.15, -0.1) is 22.7 Å². The van der Waals surface area contributed by atoms with Crippen molar-refractivity contribution >= 4 is 28.6 Å². The zero-order valence-corrected chi connectivity index (χ0v) is 14.7. The van der Waals surface area contributed by atoms with E-state index in [0.29, 0.717) is 18.3 Å². The van der Waals surface area contributed by atoms with Gasteiger partial charge in [0.25, 0.3) is 5.91 Å². The van der Waals surface area contributed by atoms with Crippen LogP contribution in [0.5, 0.6) is 0 Å². The quantitative estimate of drug-likeness (QED) is 0.671. The molecule has 6 heteroatoms. The van der Waals surface area contributed by atoms with Crippen LogP contribution in [0.4, 0.5) is 0 Å². The lowest BCUT2D eigenvalue weighted by atomic mass is 10.2. The van der Waals surface area contributed by atoms with Crippen LogP contribution in [-0.2, 0) is 13.0 Å². The fraction of sp³-hybridized carbons (Fsp3) is 0.278. The lowest BCUT2D eigenvalue weighted by Crippen LogP contribution is -2.32. The van der Waals surface area contributed by atoms with E-state index in [0.717, 1.165) is 29.3 Å². The van der Waals surface area contributed by atoms with Gasteiger partial charge in [-0.05, 0) is 18.4 Å². The highest BCUT2D eigenvalue weighted by Crippen LogP contribution is 2.30. The summed E-state index contributed by atoms with van der Waals surface area (Å²) in [7, 11) is 0. The summed E-state index contributed by atoms with van der Waals surface area (Å²) in [6, 6.07) is 10.6. The number of carbonyl (C=O) groups excluding carboxylic acids is 1. The number of amides is 1. The van der Waals surface area contributed by atoms with E-state index in [4.69, 9.17) is 0 Å². The molecule has 0 bridgehead atoms. The van der Waals surface area contributed by atoms with Gasteiger partial charge in [0.05, 0.1) is 11.6 Å². The van der Waals surface area contributed by atoms with Gasteiger partial charge in [0.1, 0.15) is 10.7 Å². The largest absolute Gasteiger partial charge is 0.328 e. The molecule has 0 unspecified atom stereocenters. The Bertz CT molecular complexity index is 810. The van der Waals surface area contributed by atoms with Crippen molar-refractivity contribution in [1.29, 1.82) is 0 Å². The summed E-state index contributed by atoms with van der Waals surface area (Å²) in [6.07, 6.45) is 4.72. The molecule has 1 amide bonds. The highest BCUT2D eigenvalue weighted by molar-refractivity contribution is 7.10. The van der Waals surface area contributed by atoms with Gasteiger partial charge in [0.2, 0.25) is 0 Å². The molecule has 1 aliphatic carbocycles. The first-order chi connectivity index (χ1) is 11.8. The van der Waals surface area contributed by atoms with E-state index < -0.39 is 0 Å². The number of hydrogen-bond acceptors (Lipinski definition) is 5. The molecule has 1 aliphatic rings. The zero-order chi connectivity index (χ0) is 16.4. The van der Waals surface area contributed by atoms with E-state index in [9.17, 15) is 4.79 Å². The number of hydrogen-bond donors (Lipinski definition) is 0. The molecule has 1 aromatic carbocycles. The molecule has 1 saturated carbocycles. The van der Waals surface area contributed by atoms with E-state index in [1.54, 1.807) is 28.9 Å². The van der Waals surface area contributed by atoms with Crippen molar-refractivity contribution in [3.8, 4) is 0 Å². The Morgan fingerprint density at radius 1 is 1.17 bits per heavy atom. The van der Waals surface area contributed by atoms with Crippen molar-refractivity contribution in [2.75, 3.05) is 0 Å². The molecule has 0 spiro atoms. The highest BCUT2D eigenvalue weighted by Gasteiger charge is 2.34. The van der Waals surface area contributed by atoms with Gasteiger partial charge in [0.15, 0.2) is 0 Å². The van der Waals surface area contributed by atoms with Crippen LogP contribution in [-0.4, -0.2) is 26.8 Å². The topological polar surface area (TPSA) is 46.1 Å². The lowest BCUT2D eigenvalue weighted by molar-refractivity contribution is 0.0724. The third-order valence-electron chi connectivity index (χ3n) is 4.01. The average molecular weight is 355 g/mol. The summed E-state index contributed by atoms with van der Waals surface area (Å²) < 4.78 is 0. The van der Waals surface area contributed by atoms with Gasteiger partial charge < -0.3 is 4.90 Å². The predicted molar refractivity (Wildman–Crippen MR) is 96.4 cm³/mol. The second kappa shape index (κ2) is 6.83. The summed E-state index contributed by atoms with van der Waals surface area (Å²) in [5, 5.41) is 5.80. The molecule has 4 nitrogen and oxygen atoms in total. The van der Waals surface area contributed by atoms with Crippen molar-refractivity contribution in [3.63, 3.8) is 0 Å². The molecule has 2 aromatic heterocycles. The Balaban J connectivity index is 1.49. The third-order valence-corrected chi connectivity index (χ3v) is 5.62. The fourth-order valence-corrected chi connectivity index (χ4v) is 4.05. The van der Waals surface area contributed by atoms with Crippen molar-refractivity contribution in [2.45, 2.75) is 31.8 Å². The first-order valence-electron chi connectivity index (χ1n) is 7.97. The van der Waals surface area contributed by atoms with E-state index in [2.05, 4.69) is 22.1 Å². The maximum Gasteiger partial charge on any atom is 0.273 e. The lowest BCUT2D eigenvalue weighted by Gasteiger charge is -2.20. The summed E-state index contributed by atoms with van der Waals surface area (Å²) >= 11 is 3.15. The molecular formula is C18H17N3OS2. The van der Waals surface area contributed by atoms with Crippen LogP contribution >= 0.6 is 22.7 Å². The molecule has 3 aromatic rings. The predicted octanol–water partition coefficient (Wildman–Crippen LogP) is 4.00. The molecule has 0 aliphatic heterocycles. The van der Waals surface area contributed by atoms with Gasteiger partial charge in [-0.1, -0.05) is 30.3 Å². The minimum Gasteiger partial charge on any atom is -0.328 e. The Labute approximate surface area is 148 Å². The first kappa shape index (κ1) is 15.5. The smallest absolute Gasteiger partial charge is 0.273 e. The average Bonchev–Trinajstić information content (AvgIpc) is 3.11. The van der Waals surface area contributed by atoms with Gasteiger partial charge >= 0.3 is 0 Å². The fourth-order valence-electron chi connectivity index (χ4n) is 2.64. The Hall–Kier alpha value is -2.05. The SMILES string of the molecule is O=C(c1csc(Cc2ccccc2)n1)N(Cc1nccs1)C1CC1. The number of aromatic nitrogens is 2. The minimum absolute atomic E-state index is 0.0308. The highest BCUT2D eigenvalue weighted by atomic mass is 32.1. The van der Waals surface area contributed by atoms with E-state index in [1.165, 1.54) is 5.56 Å². The molecule has 0 atom stereocenters. The molecule has 2 heterocycles. The van der Waals surface area contributed by atoms with E-state index in [-0.39, 0.29) is 5.91 Å². The van der Waals surface area contributed by atoms with Gasteiger partial charge in [-0.25, -0.2) is 9.97 Å². The Morgan fingerprint density at radius 3 is 2.71 bits per heavy atom. The Kier molecular flexibility index (Phi) is 4.40. The maximum absolute atomic E-state index is 12.9. The van der Waals surface area contributed by atoms with Crippen molar-refractivity contribution in [2.24, 2.45) is 0 Å². The van der Waals surface area contributed by atoms with Crippen molar-refractivity contribution in [1.82, 2.24) is 14.9 Å². The second-order valence-corrected chi connectivity index (χ2v) is 7.80. The molecule has 24 heavy (non-hydrogen) atoms. The van der Waals surface area contributed by atoms with E-state index in [1.807, 2.05) is 33.9 Å². The van der Waals surface area contributed by atoms with Crippen LogP contribution in [0.25, 0.3) is 0 Å². The summed E-state index contributed by atoms with van der Waals surface area (Å²) in [6.45, 7) is 0.590. The summed E-state index contributed by atoms with van der Waals surface area (Å²) in [5.41, 5.74) is 1.78. The normalized spacial score (nSPS) is 13.8. The molecule has 0 saturated heterocycles. The molecule has 0 radical (unpaired) electrons. The zero-order valence-electron chi connectivity index (χ0n) is 13.1. The van der Waals surface area contributed by atoms with Crippen molar-refractivity contribution in [3.05, 3.63) is 68.6 Å². The second-order valence-electron chi connectivity index (χ2n) is 5.88. The molecule has 4 rings (SSSR count). The number of nitrogens with zero attached hydrogens (tertiary/aromatic N) is 3. The molecule has 0 N–H and O–H groups in total. The van der Waals surface area contributed by atoms with Crippen LogP contribution in [0.3, 0.4) is 0 Å². The molecular weight excluding hydrogens is 338 g/mol. The summed E-state index contributed by atoms with van der Waals surface area (Å²) in [4.78, 5) is 23.7. The van der Waals surface area contributed by atoms with Crippen LogP contribution < -0.4 is 0 Å². The first-order valence-corrected chi connectivity index (χ1v) is 9.73. The monoisotopic (exact) mass is 355 g/mol. The van der Waals surface area contributed by atoms with Crippen LogP contribution in [0.15, 0.2) is 47.3 Å². The number of rotatable bonds is 6. The summed E-state index contributed by atoms with van der Waals surface area (Å²) in [5.74, 6) is 0.0308. The van der Waals surface area contributed by atoms with Crippen LogP contribution in [0, 0.1) is 0 Å². The number of thiazole rings is 2. The van der Waals surface area contributed by atoms with Crippen LogP contribution in [0.2, 0.25) is 0 Å². The number of benzene rings is 1. The standard InChI is InChI=1S/C18H17N3OS2/c22-18(21(14-6-7-14)11-17-19-8-9-23-17)15-12-24-16(20-15)10-13-4-2-1-3-5-13/h1-5,8-9,12,14H,6-7,10-11H2. The van der Waals surface area contributed by atoms with Gasteiger partial charge in [-0.2, -0.15) is 0 Å². The van der Waals surface area contributed by atoms with Gasteiger partial charge in [-0.3, -0.25) is 4.79 Å². The van der Waals surface area contributed by atoms with Crippen molar-refractivity contribution < 1.29 is 4.79 Å². The van der Waals surface area contributed by atoms with E-state index >= 15 is 0 Å².